The van der Waals surface area contributed by atoms with Crippen molar-refractivity contribution in [2.75, 3.05) is 105 Å². The summed E-state index contributed by atoms with van der Waals surface area (Å²) in [6, 6.07) is 6.91. The van der Waals surface area contributed by atoms with E-state index >= 15 is 0 Å². The number of rotatable bonds is 10. The first-order valence-electron chi connectivity index (χ1n) is 15.1. The third kappa shape index (κ3) is 11.7. The Kier molecular flexibility index (Phi) is 13.5. The van der Waals surface area contributed by atoms with Crippen LogP contribution in [0.15, 0.2) is 18.2 Å². The molecule has 0 aromatic heterocycles. The van der Waals surface area contributed by atoms with Gasteiger partial charge in [-0.3, -0.25) is 34.0 Å². The Morgan fingerprint density at radius 2 is 0.976 bits per heavy atom. The van der Waals surface area contributed by atoms with Crippen molar-refractivity contribution < 1.29 is 24.6 Å². The maximum Gasteiger partial charge on any atom is 0.317 e. The summed E-state index contributed by atoms with van der Waals surface area (Å²) >= 11 is 0. The number of hydrogen-bond donors (Lipinski definition) is 2. The van der Waals surface area contributed by atoms with E-state index in [1.165, 1.54) is 16.7 Å². The molecule has 3 rings (SSSR count). The number of carbonyl (C=O) groups is 3. The molecule has 2 heterocycles. The van der Waals surface area contributed by atoms with Crippen LogP contribution in [-0.4, -0.2) is 163 Å². The highest BCUT2D eigenvalue weighted by molar-refractivity contribution is 5.78. The van der Waals surface area contributed by atoms with Crippen LogP contribution in [0, 0.1) is 0 Å². The van der Waals surface area contributed by atoms with Gasteiger partial charge in [-0.2, -0.15) is 0 Å². The van der Waals surface area contributed by atoms with Crippen molar-refractivity contribution in [3.63, 3.8) is 0 Å². The maximum absolute atomic E-state index is 13.3. The van der Waals surface area contributed by atoms with E-state index in [2.05, 4.69) is 46.7 Å². The van der Waals surface area contributed by atoms with Crippen molar-refractivity contribution in [2.24, 2.45) is 0 Å². The van der Waals surface area contributed by atoms with Gasteiger partial charge in [0.2, 0.25) is 5.91 Å². The molecule has 0 aliphatic carbocycles. The molecule has 0 atom stereocenters. The fraction of sp³-hybridized carbons (Fsp3) is 0.700. The average Bonchev–Trinajstić information content (AvgIpc) is 2.94. The normalized spacial score (nSPS) is 19.9. The number of carbonyl (C=O) groups excluding carboxylic acids is 1. The zero-order chi connectivity index (χ0) is 29.8. The second-order valence-electron chi connectivity index (χ2n) is 11.4. The first kappa shape index (κ1) is 32.9. The first-order chi connectivity index (χ1) is 19.6. The molecular weight excluding hydrogens is 524 g/mol. The van der Waals surface area contributed by atoms with Crippen LogP contribution in [0.4, 0.5) is 0 Å². The van der Waals surface area contributed by atoms with Crippen molar-refractivity contribution in [2.45, 2.75) is 33.2 Å². The molecule has 0 radical (unpaired) electrons. The summed E-state index contributed by atoms with van der Waals surface area (Å²) in [5, 5.41) is 18.7. The minimum Gasteiger partial charge on any atom is -0.480 e. The largest absolute Gasteiger partial charge is 0.480 e. The Bertz CT molecular complexity index is 977. The van der Waals surface area contributed by atoms with Crippen LogP contribution < -0.4 is 0 Å². The van der Waals surface area contributed by atoms with Gasteiger partial charge in [-0.15, -0.1) is 0 Å². The lowest BCUT2D eigenvalue weighted by molar-refractivity contribution is -0.140. The molecule has 2 aliphatic rings. The average molecular weight is 575 g/mol. The molecule has 230 valence electrons. The second kappa shape index (κ2) is 16.8. The first-order valence-corrected chi connectivity index (χ1v) is 15.1. The zero-order valence-corrected chi connectivity index (χ0v) is 25.3. The van der Waals surface area contributed by atoms with Gasteiger partial charge >= 0.3 is 11.9 Å². The Hall–Kier alpha value is -2.57. The maximum atomic E-state index is 13.3. The van der Waals surface area contributed by atoms with E-state index < -0.39 is 11.9 Å². The van der Waals surface area contributed by atoms with Crippen molar-refractivity contribution in [1.82, 2.24) is 29.4 Å². The highest BCUT2D eigenvalue weighted by Crippen LogP contribution is 2.15. The van der Waals surface area contributed by atoms with Gasteiger partial charge in [-0.25, -0.2) is 0 Å². The monoisotopic (exact) mass is 574 g/mol. The summed E-state index contributed by atoms with van der Waals surface area (Å²) in [6.07, 6.45) is 2.07. The van der Waals surface area contributed by atoms with E-state index in [4.69, 9.17) is 0 Å². The van der Waals surface area contributed by atoms with Crippen LogP contribution in [0.2, 0.25) is 0 Å². The topological polar surface area (TPSA) is 111 Å². The second-order valence-corrected chi connectivity index (χ2v) is 11.4. The van der Waals surface area contributed by atoms with E-state index in [9.17, 15) is 24.6 Å². The lowest BCUT2D eigenvalue weighted by Crippen LogP contribution is -2.52. The Morgan fingerprint density at radius 3 is 1.41 bits per heavy atom. The summed E-state index contributed by atoms with van der Waals surface area (Å²) in [7, 11) is 2.01. The minimum absolute atomic E-state index is 0.0620. The number of piperazine rings is 1. The van der Waals surface area contributed by atoms with Gasteiger partial charge in [0, 0.05) is 85.1 Å². The molecule has 0 unspecified atom stereocenters. The fourth-order valence-electron chi connectivity index (χ4n) is 5.54. The molecule has 2 N–H and O–H groups in total. The van der Waals surface area contributed by atoms with E-state index in [0.717, 1.165) is 39.0 Å². The van der Waals surface area contributed by atoms with Crippen LogP contribution >= 0.6 is 0 Å². The third-order valence-corrected chi connectivity index (χ3v) is 8.20. The molecule has 11 heteroatoms. The van der Waals surface area contributed by atoms with Crippen molar-refractivity contribution >= 4 is 17.8 Å². The smallest absolute Gasteiger partial charge is 0.317 e. The minimum atomic E-state index is -0.908. The summed E-state index contributed by atoms with van der Waals surface area (Å²) < 4.78 is 0. The number of benzene rings is 1. The number of likely N-dealkylation sites (N-methyl/N-ethyl adjacent to an activating group) is 1. The van der Waals surface area contributed by atoms with Gasteiger partial charge < -0.3 is 20.0 Å². The number of aryl methyl sites for hydroxylation is 2. The van der Waals surface area contributed by atoms with Crippen LogP contribution in [0.1, 0.15) is 30.5 Å². The molecule has 0 saturated carbocycles. The van der Waals surface area contributed by atoms with Gasteiger partial charge in [-0.1, -0.05) is 32.0 Å². The van der Waals surface area contributed by atoms with Crippen LogP contribution in [0.25, 0.3) is 0 Å². The molecule has 0 spiro atoms. The molecule has 1 aromatic rings. The van der Waals surface area contributed by atoms with Gasteiger partial charge in [0.05, 0.1) is 19.6 Å². The van der Waals surface area contributed by atoms with Gasteiger partial charge in [-0.05, 0) is 36.6 Å². The molecule has 41 heavy (non-hydrogen) atoms. The lowest BCUT2D eigenvalue weighted by atomic mass is 10.0. The van der Waals surface area contributed by atoms with Crippen LogP contribution in [0.5, 0.6) is 0 Å². The van der Waals surface area contributed by atoms with E-state index in [1.807, 2.05) is 21.7 Å². The zero-order valence-electron chi connectivity index (χ0n) is 25.3. The van der Waals surface area contributed by atoms with Crippen molar-refractivity contribution in [3.05, 3.63) is 34.9 Å². The molecule has 0 bridgehead atoms. The standard InChI is InChI=1S/C30H50N6O5/c1-4-25-18-26(5-2)20-27(19-25)21-32-14-16-36(17-15-32)28(37)22-33-8-6-31(3)7-9-34(23-29(38)39)12-13-35(11-10-33)24-30(40)41/h18-20H,4-17,21-24H2,1-3H3,(H,38,39)(H,40,41). The van der Waals surface area contributed by atoms with Crippen molar-refractivity contribution in [3.8, 4) is 0 Å². The Balaban J connectivity index is 1.55. The van der Waals surface area contributed by atoms with Crippen molar-refractivity contribution in [1.29, 1.82) is 0 Å². The number of hydrogen-bond acceptors (Lipinski definition) is 8. The number of amides is 1. The van der Waals surface area contributed by atoms with Gasteiger partial charge in [0.15, 0.2) is 0 Å². The Labute approximate surface area is 245 Å². The SMILES string of the molecule is CCc1cc(CC)cc(CN2CCN(C(=O)CN3CCN(C)CCN(CC(=O)O)CCN(CC(=O)O)CC3)CC2)c1. The third-order valence-electron chi connectivity index (χ3n) is 8.20. The number of nitrogens with zero attached hydrogens (tertiary/aromatic N) is 6. The van der Waals surface area contributed by atoms with E-state index in [1.54, 1.807) is 0 Å². The van der Waals surface area contributed by atoms with E-state index in [-0.39, 0.29) is 19.0 Å². The van der Waals surface area contributed by atoms with Gasteiger partial charge in [0.1, 0.15) is 0 Å². The van der Waals surface area contributed by atoms with Crippen LogP contribution in [0.3, 0.4) is 0 Å². The summed E-state index contributed by atoms with van der Waals surface area (Å²) in [5.74, 6) is -1.67. The van der Waals surface area contributed by atoms with Gasteiger partial charge in [0.25, 0.3) is 0 Å². The predicted octanol–water partition coefficient (Wildman–Crippen LogP) is 0.476. The fourth-order valence-corrected chi connectivity index (χ4v) is 5.54. The molecule has 1 aromatic carbocycles. The lowest BCUT2D eigenvalue weighted by Gasteiger charge is -2.36. The summed E-state index contributed by atoms with van der Waals surface area (Å²) in [4.78, 5) is 48.5. The highest BCUT2D eigenvalue weighted by Gasteiger charge is 2.24. The molecule has 2 aliphatic heterocycles. The quantitative estimate of drug-likeness (QED) is 0.409. The van der Waals surface area contributed by atoms with Crippen LogP contribution in [-0.2, 0) is 33.8 Å². The number of aliphatic carboxylic acids is 2. The molecule has 1 amide bonds. The molecule has 11 nitrogen and oxygen atoms in total. The summed E-state index contributed by atoms with van der Waals surface area (Å²) in [5.41, 5.74) is 4.11. The molecule has 2 fully saturated rings. The summed E-state index contributed by atoms with van der Waals surface area (Å²) in [6.45, 7) is 13.4. The molecule has 2 saturated heterocycles. The number of carboxylic acids is 2. The highest BCUT2D eigenvalue weighted by atomic mass is 16.4. The van der Waals surface area contributed by atoms with E-state index in [0.29, 0.717) is 65.4 Å². The number of carboxylic acid groups (broad SMARTS) is 2. The Morgan fingerprint density at radius 1 is 0.585 bits per heavy atom. The predicted molar refractivity (Wildman–Crippen MR) is 159 cm³/mol. The molecular formula is C30H50N6O5.